The van der Waals surface area contributed by atoms with Crippen LogP contribution in [0.4, 0.5) is 5.69 Å². The molecule has 0 aliphatic carbocycles. The van der Waals surface area contributed by atoms with Gasteiger partial charge in [0.05, 0.1) is 19.2 Å². The predicted molar refractivity (Wildman–Crippen MR) is 82.1 cm³/mol. The fourth-order valence-electron chi connectivity index (χ4n) is 1.57. The number of rotatable bonds is 5. The van der Waals surface area contributed by atoms with E-state index in [0.717, 1.165) is 10.6 Å². The van der Waals surface area contributed by atoms with Gasteiger partial charge < -0.3 is 19.3 Å². The molecule has 0 bridgehead atoms. The van der Waals surface area contributed by atoms with Crippen LogP contribution < -0.4 is 14.2 Å². The molecule has 20 heavy (non-hydrogen) atoms. The highest BCUT2D eigenvalue weighted by molar-refractivity contribution is 8.00. The van der Waals surface area contributed by atoms with Crippen LogP contribution in [-0.4, -0.2) is 19.3 Å². The molecule has 0 heterocycles. The first-order valence-electron chi connectivity index (χ1n) is 5.77. The van der Waals surface area contributed by atoms with Gasteiger partial charge in [-0.2, -0.15) is 0 Å². The molecule has 2 aromatic carbocycles. The molecule has 0 aromatic heterocycles. The van der Waals surface area contributed by atoms with E-state index in [1.807, 2.05) is 18.2 Å². The molecule has 0 saturated carbocycles. The number of anilines is 1. The Balaban J connectivity index is 2.08. The number of hydrogen-bond donors (Lipinski definition) is 2. The van der Waals surface area contributed by atoms with Crippen LogP contribution in [0.5, 0.6) is 17.2 Å². The van der Waals surface area contributed by atoms with Crippen molar-refractivity contribution in [2.24, 2.45) is 0 Å². The summed E-state index contributed by atoms with van der Waals surface area (Å²) in [6.45, 7) is 0. The minimum atomic E-state index is 0.0459. The molecular weight excluding hydrogens is 298 g/mol. The smallest absolute Gasteiger partial charge is 0.161 e. The summed E-state index contributed by atoms with van der Waals surface area (Å²) in [5, 5.41) is 9.86. The molecule has 0 saturated heterocycles. The highest BCUT2D eigenvalue weighted by Gasteiger charge is 2.06. The first-order chi connectivity index (χ1) is 9.63. The van der Waals surface area contributed by atoms with Crippen molar-refractivity contribution in [3.8, 4) is 17.2 Å². The molecule has 0 aliphatic rings. The fraction of sp³-hybridized carbons (Fsp3) is 0.143. The lowest BCUT2D eigenvalue weighted by molar-refractivity contribution is 0.354. The number of ether oxygens (including phenoxy) is 2. The molecule has 2 rings (SSSR count). The number of halogens is 1. The molecule has 0 radical (unpaired) electrons. The Morgan fingerprint density at radius 3 is 2.45 bits per heavy atom. The molecule has 0 atom stereocenters. The van der Waals surface area contributed by atoms with Crippen LogP contribution >= 0.6 is 23.5 Å². The number of benzene rings is 2. The standard InChI is InChI=1S/C14H14ClNO3S/c1-18-13-6-4-10(8-14(13)19-2)20-16-9-3-5-11(15)12(17)7-9/h3-8,16-17H,1-2H3. The van der Waals surface area contributed by atoms with Gasteiger partial charge in [0.15, 0.2) is 11.5 Å². The number of phenolic OH excluding ortho intramolecular Hbond substituents is 1. The van der Waals surface area contributed by atoms with Crippen molar-refractivity contribution in [2.75, 3.05) is 18.9 Å². The Morgan fingerprint density at radius 1 is 1.05 bits per heavy atom. The van der Waals surface area contributed by atoms with Crippen LogP contribution in [0.1, 0.15) is 0 Å². The number of phenols is 1. The number of hydrogen-bond acceptors (Lipinski definition) is 5. The summed E-state index contributed by atoms with van der Waals surface area (Å²) >= 11 is 7.15. The zero-order chi connectivity index (χ0) is 14.5. The summed E-state index contributed by atoms with van der Waals surface area (Å²) in [6, 6.07) is 10.6. The molecule has 2 N–H and O–H groups in total. The molecule has 0 unspecified atom stereocenters. The Morgan fingerprint density at radius 2 is 1.80 bits per heavy atom. The van der Waals surface area contributed by atoms with Crippen molar-refractivity contribution < 1.29 is 14.6 Å². The van der Waals surface area contributed by atoms with Crippen LogP contribution in [0.25, 0.3) is 0 Å². The normalized spacial score (nSPS) is 10.2. The van der Waals surface area contributed by atoms with Crippen molar-refractivity contribution >= 4 is 29.2 Å². The summed E-state index contributed by atoms with van der Waals surface area (Å²) < 4.78 is 13.5. The third kappa shape index (κ3) is 3.43. The number of methoxy groups -OCH3 is 2. The first kappa shape index (κ1) is 14.7. The minimum Gasteiger partial charge on any atom is -0.506 e. The van der Waals surface area contributed by atoms with E-state index in [2.05, 4.69) is 4.72 Å². The van der Waals surface area contributed by atoms with Crippen LogP contribution in [0.15, 0.2) is 41.3 Å². The van der Waals surface area contributed by atoms with E-state index in [0.29, 0.717) is 16.5 Å². The number of aromatic hydroxyl groups is 1. The van der Waals surface area contributed by atoms with Crippen molar-refractivity contribution in [2.45, 2.75) is 4.90 Å². The van der Waals surface area contributed by atoms with Gasteiger partial charge in [0, 0.05) is 16.6 Å². The van der Waals surface area contributed by atoms with Gasteiger partial charge in [-0.25, -0.2) is 0 Å². The van der Waals surface area contributed by atoms with E-state index in [1.54, 1.807) is 32.4 Å². The molecule has 6 heteroatoms. The highest BCUT2D eigenvalue weighted by Crippen LogP contribution is 2.33. The van der Waals surface area contributed by atoms with Gasteiger partial charge in [-0.1, -0.05) is 11.6 Å². The second-order valence-electron chi connectivity index (χ2n) is 3.89. The van der Waals surface area contributed by atoms with Crippen molar-refractivity contribution in [3.63, 3.8) is 0 Å². The monoisotopic (exact) mass is 311 g/mol. The lowest BCUT2D eigenvalue weighted by atomic mass is 10.3. The second-order valence-corrected chi connectivity index (χ2v) is 5.17. The van der Waals surface area contributed by atoms with Crippen LogP contribution in [0, 0.1) is 0 Å². The van der Waals surface area contributed by atoms with Crippen molar-refractivity contribution in [3.05, 3.63) is 41.4 Å². The maximum Gasteiger partial charge on any atom is 0.161 e. The average Bonchev–Trinajstić information content (AvgIpc) is 2.48. The SMILES string of the molecule is COc1ccc(SNc2ccc(Cl)c(O)c2)cc1OC. The Hall–Kier alpha value is -1.72. The molecule has 0 spiro atoms. The topological polar surface area (TPSA) is 50.7 Å². The van der Waals surface area contributed by atoms with E-state index < -0.39 is 0 Å². The molecular formula is C14H14ClNO3S. The van der Waals surface area contributed by atoms with Gasteiger partial charge in [-0.3, -0.25) is 0 Å². The number of nitrogens with one attached hydrogen (secondary N) is 1. The largest absolute Gasteiger partial charge is 0.506 e. The van der Waals surface area contributed by atoms with Crippen LogP contribution in [0.2, 0.25) is 5.02 Å². The Kier molecular flexibility index (Phi) is 4.87. The van der Waals surface area contributed by atoms with Crippen LogP contribution in [0.3, 0.4) is 0 Å². The van der Waals surface area contributed by atoms with E-state index >= 15 is 0 Å². The first-order valence-corrected chi connectivity index (χ1v) is 6.97. The maximum absolute atomic E-state index is 9.53. The van der Waals surface area contributed by atoms with E-state index in [-0.39, 0.29) is 5.75 Å². The predicted octanol–water partition coefficient (Wildman–Crippen LogP) is 4.18. The second kappa shape index (κ2) is 6.63. The molecule has 2 aromatic rings. The third-order valence-corrected chi connectivity index (χ3v) is 3.73. The summed E-state index contributed by atoms with van der Waals surface area (Å²) in [7, 11) is 3.19. The third-order valence-electron chi connectivity index (χ3n) is 2.59. The van der Waals surface area contributed by atoms with E-state index in [1.165, 1.54) is 11.9 Å². The average molecular weight is 312 g/mol. The van der Waals surface area contributed by atoms with Gasteiger partial charge in [0.1, 0.15) is 5.75 Å². The van der Waals surface area contributed by atoms with Gasteiger partial charge in [0.25, 0.3) is 0 Å². The fourth-order valence-corrected chi connectivity index (χ4v) is 2.36. The summed E-state index contributed by atoms with van der Waals surface area (Å²) in [5.74, 6) is 1.39. The Labute approximate surface area is 126 Å². The maximum atomic E-state index is 9.53. The van der Waals surface area contributed by atoms with Crippen molar-refractivity contribution in [1.82, 2.24) is 0 Å². The van der Waals surface area contributed by atoms with Crippen molar-refractivity contribution in [1.29, 1.82) is 0 Å². The summed E-state index contributed by atoms with van der Waals surface area (Å²) in [4.78, 5) is 0.956. The lowest BCUT2D eigenvalue weighted by Crippen LogP contribution is -1.91. The highest BCUT2D eigenvalue weighted by atomic mass is 35.5. The molecule has 0 aliphatic heterocycles. The minimum absolute atomic E-state index is 0.0459. The molecule has 106 valence electrons. The summed E-state index contributed by atoms with van der Waals surface area (Å²) in [5.41, 5.74) is 0.756. The molecule has 0 amide bonds. The summed E-state index contributed by atoms with van der Waals surface area (Å²) in [6.07, 6.45) is 0. The van der Waals surface area contributed by atoms with Gasteiger partial charge in [0.2, 0.25) is 0 Å². The van der Waals surface area contributed by atoms with Gasteiger partial charge in [-0.15, -0.1) is 0 Å². The molecule has 0 fully saturated rings. The Bertz CT molecular complexity index is 607. The quantitative estimate of drug-likeness (QED) is 0.811. The zero-order valence-electron chi connectivity index (χ0n) is 11.0. The molecule has 4 nitrogen and oxygen atoms in total. The van der Waals surface area contributed by atoms with Crippen LogP contribution in [-0.2, 0) is 0 Å². The van der Waals surface area contributed by atoms with E-state index in [4.69, 9.17) is 21.1 Å². The van der Waals surface area contributed by atoms with Gasteiger partial charge >= 0.3 is 0 Å². The van der Waals surface area contributed by atoms with E-state index in [9.17, 15) is 5.11 Å². The van der Waals surface area contributed by atoms with Gasteiger partial charge in [-0.05, 0) is 42.3 Å². The lowest BCUT2D eigenvalue weighted by Gasteiger charge is -2.10. The zero-order valence-corrected chi connectivity index (χ0v) is 12.6.